The lowest BCUT2D eigenvalue weighted by Crippen LogP contribution is -2.22. The lowest BCUT2D eigenvalue weighted by molar-refractivity contribution is -0.134. The van der Waals surface area contributed by atoms with Crippen LogP contribution in [0.1, 0.15) is 64.9 Å². The Bertz CT molecular complexity index is 623. The van der Waals surface area contributed by atoms with Crippen LogP contribution >= 0.6 is 0 Å². The number of carbonyl (C=O) groups excluding carboxylic acids is 2. The molecule has 0 aliphatic heterocycles. The normalized spacial score (nSPS) is 11.0. The van der Waals surface area contributed by atoms with Crippen LogP contribution in [0.15, 0.2) is 30.4 Å². The third-order valence-electron chi connectivity index (χ3n) is 3.94. The molecular weight excluding hydrogens is 342 g/mol. The molecule has 0 aromatic heterocycles. The number of unbranched alkanes of at least 4 members (excludes halogenated alkanes) is 2. The van der Waals surface area contributed by atoms with Gasteiger partial charge in [-0.25, -0.2) is 0 Å². The van der Waals surface area contributed by atoms with E-state index >= 15 is 0 Å². The van der Waals surface area contributed by atoms with E-state index in [0.717, 1.165) is 31.2 Å². The molecule has 0 atom stereocenters. The van der Waals surface area contributed by atoms with Crippen molar-refractivity contribution >= 4 is 11.9 Å². The molecule has 1 aromatic rings. The van der Waals surface area contributed by atoms with E-state index in [1.165, 1.54) is 7.11 Å². The third-order valence-corrected chi connectivity index (χ3v) is 3.94. The first kappa shape index (κ1) is 22.7. The number of carbonyl (C=O) groups is 2. The number of hydrogen-bond acceptors (Lipinski definition) is 4. The fourth-order valence-corrected chi connectivity index (χ4v) is 2.49. The molecule has 0 aliphatic carbocycles. The summed E-state index contributed by atoms with van der Waals surface area (Å²) in [5.41, 5.74) is 0.898. The van der Waals surface area contributed by atoms with Gasteiger partial charge in [0.15, 0.2) is 11.5 Å². The lowest BCUT2D eigenvalue weighted by atomic mass is 10.1. The van der Waals surface area contributed by atoms with Crippen LogP contribution in [0.25, 0.3) is 0 Å². The molecule has 0 spiro atoms. The van der Waals surface area contributed by atoms with Gasteiger partial charge in [-0.05, 0) is 49.3 Å². The molecule has 150 valence electrons. The average molecular weight is 376 g/mol. The zero-order valence-electron chi connectivity index (χ0n) is 17.0. The van der Waals surface area contributed by atoms with Gasteiger partial charge in [0, 0.05) is 19.4 Å². The molecule has 0 bridgehead atoms. The highest BCUT2D eigenvalue weighted by molar-refractivity contribution is 5.76. The lowest BCUT2D eigenvalue weighted by Gasteiger charge is -2.11. The van der Waals surface area contributed by atoms with Crippen LogP contribution in [0, 0.1) is 5.92 Å². The summed E-state index contributed by atoms with van der Waals surface area (Å²) in [6.07, 6.45) is 8.92. The molecule has 1 amide bonds. The summed E-state index contributed by atoms with van der Waals surface area (Å²) in [5.74, 6) is 1.23. The van der Waals surface area contributed by atoms with Gasteiger partial charge < -0.3 is 14.8 Å². The van der Waals surface area contributed by atoms with Crippen LogP contribution in [-0.4, -0.2) is 19.0 Å². The largest absolute Gasteiger partial charge is 0.493 e. The molecule has 0 saturated heterocycles. The molecule has 0 saturated carbocycles. The molecule has 0 heterocycles. The highest BCUT2D eigenvalue weighted by Gasteiger charge is 2.11. The summed E-state index contributed by atoms with van der Waals surface area (Å²) in [6.45, 7) is 6.65. The molecule has 0 unspecified atom stereocenters. The predicted molar refractivity (Wildman–Crippen MR) is 108 cm³/mol. The van der Waals surface area contributed by atoms with E-state index in [4.69, 9.17) is 9.47 Å². The van der Waals surface area contributed by atoms with Crippen LogP contribution < -0.4 is 14.8 Å². The van der Waals surface area contributed by atoms with Crippen LogP contribution in [0.3, 0.4) is 0 Å². The summed E-state index contributed by atoms with van der Waals surface area (Å²) < 4.78 is 10.6. The van der Waals surface area contributed by atoms with Crippen molar-refractivity contribution in [2.75, 3.05) is 7.11 Å². The number of ether oxygens (including phenoxy) is 2. The summed E-state index contributed by atoms with van der Waals surface area (Å²) >= 11 is 0. The van der Waals surface area contributed by atoms with Gasteiger partial charge in [-0.1, -0.05) is 39.0 Å². The van der Waals surface area contributed by atoms with Crippen molar-refractivity contribution in [3.63, 3.8) is 0 Å². The van der Waals surface area contributed by atoms with Crippen molar-refractivity contribution < 1.29 is 19.1 Å². The number of esters is 1. The Kier molecular flexibility index (Phi) is 10.9. The Hall–Kier alpha value is -2.30. The monoisotopic (exact) mass is 375 g/mol. The Balaban J connectivity index is 2.41. The predicted octanol–water partition coefficient (Wildman–Crippen LogP) is 4.79. The van der Waals surface area contributed by atoms with E-state index in [2.05, 4.69) is 31.3 Å². The van der Waals surface area contributed by atoms with Crippen LogP contribution in [0.2, 0.25) is 0 Å². The highest BCUT2D eigenvalue weighted by atomic mass is 16.6. The SMILES string of the molecule is CCCC(=O)Oc1ccc(CNC(=O)CCCCC=CC(C)C)cc1OC. The molecule has 27 heavy (non-hydrogen) atoms. The first-order valence-electron chi connectivity index (χ1n) is 9.77. The van der Waals surface area contributed by atoms with Crippen molar-refractivity contribution in [2.45, 2.75) is 65.8 Å². The zero-order chi connectivity index (χ0) is 20.1. The molecule has 1 N–H and O–H groups in total. The quantitative estimate of drug-likeness (QED) is 0.247. The number of rotatable bonds is 12. The smallest absolute Gasteiger partial charge is 0.311 e. The molecule has 0 aliphatic rings. The summed E-state index contributed by atoms with van der Waals surface area (Å²) in [6, 6.07) is 5.31. The van der Waals surface area contributed by atoms with E-state index in [-0.39, 0.29) is 11.9 Å². The fraction of sp³-hybridized carbons (Fsp3) is 0.545. The first-order valence-corrected chi connectivity index (χ1v) is 9.77. The van der Waals surface area contributed by atoms with Crippen molar-refractivity contribution in [3.05, 3.63) is 35.9 Å². The Morgan fingerprint density at radius 3 is 2.59 bits per heavy atom. The highest BCUT2D eigenvalue weighted by Crippen LogP contribution is 2.28. The molecule has 0 radical (unpaired) electrons. The second kappa shape index (κ2) is 13.0. The van der Waals surface area contributed by atoms with Crippen LogP contribution in [-0.2, 0) is 16.1 Å². The minimum atomic E-state index is -0.278. The van der Waals surface area contributed by atoms with E-state index in [1.54, 1.807) is 12.1 Å². The topological polar surface area (TPSA) is 64.6 Å². The van der Waals surface area contributed by atoms with Crippen molar-refractivity contribution in [1.29, 1.82) is 0 Å². The van der Waals surface area contributed by atoms with Crippen LogP contribution in [0.5, 0.6) is 11.5 Å². The number of methoxy groups -OCH3 is 1. The third kappa shape index (κ3) is 9.83. The number of allylic oxidation sites excluding steroid dienone is 2. The van der Waals surface area contributed by atoms with Gasteiger partial charge in [-0.2, -0.15) is 0 Å². The second-order valence-electron chi connectivity index (χ2n) is 6.90. The maximum Gasteiger partial charge on any atom is 0.311 e. The minimum absolute atomic E-state index is 0.0419. The van der Waals surface area contributed by atoms with E-state index < -0.39 is 0 Å². The maximum atomic E-state index is 12.0. The standard InChI is InChI=1S/C22H33NO4/c1-5-10-22(25)27-19-14-13-18(15-20(19)26-4)16-23-21(24)12-9-7-6-8-11-17(2)3/h8,11,13-15,17H,5-7,9-10,12,16H2,1-4H3,(H,23,24). The van der Waals surface area contributed by atoms with Gasteiger partial charge in [0.05, 0.1) is 7.11 Å². The van der Waals surface area contributed by atoms with Gasteiger partial charge in [0.1, 0.15) is 0 Å². The van der Waals surface area contributed by atoms with E-state index in [9.17, 15) is 9.59 Å². The second-order valence-corrected chi connectivity index (χ2v) is 6.90. The van der Waals surface area contributed by atoms with Crippen molar-refractivity contribution in [2.24, 2.45) is 5.92 Å². The Morgan fingerprint density at radius 1 is 1.15 bits per heavy atom. The summed E-state index contributed by atoms with van der Waals surface area (Å²) in [4.78, 5) is 23.6. The zero-order valence-corrected chi connectivity index (χ0v) is 17.0. The van der Waals surface area contributed by atoms with Gasteiger partial charge in [-0.3, -0.25) is 9.59 Å². The number of nitrogens with one attached hydrogen (secondary N) is 1. The molecule has 1 rings (SSSR count). The first-order chi connectivity index (χ1) is 13.0. The molecule has 1 aromatic carbocycles. The minimum Gasteiger partial charge on any atom is -0.493 e. The van der Waals surface area contributed by atoms with Crippen LogP contribution in [0.4, 0.5) is 0 Å². The van der Waals surface area contributed by atoms with Crippen molar-refractivity contribution in [3.8, 4) is 11.5 Å². The van der Waals surface area contributed by atoms with Crippen molar-refractivity contribution in [1.82, 2.24) is 5.32 Å². The molecule has 5 heteroatoms. The average Bonchev–Trinajstić information content (AvgIpc) is 2.63. The molecule has 5 nitrogen and oxygen atoms in total. The maximum absolute atomic E-state index is 12.0. The number of amides is 1. The van der Waals surface area contributed by atoms with E-state index in [0.29, 0.717) is 36.8 Å². The Labute approximate surface area is 163 Å². The fourth-order valence-electron chi connectivity index (χ4n) is 2.49. The molecule has 0 fully saturated rings. The van der Waals surface area contributed by atoms with Gasteiger partial charge in [0.2, 0.25) is 5.91 Å². The Morgan fingerprint density at radius 2 is 1.93 bits per heavy atom. The number of hydrogen-bond donors (Lipinski definition) is 1. The van der Waals surface area contributed by atoms with E-state index in [1.807, 2.05) is 13.0 Å². The number of benzene rings is 1. The van der Waals surface area contributed by atoms with Gasteiger partial charge >= 0.3 is 5.97 Å². The van der Waals surface area contributed by atoms with Gasteiger partial charge in [-0.15, -0.1) is 0 Å². The van der Waals surface area contributed by atoms with Gasteiger partial charge in [0.25, 0.3) is 0 Å². The summed E-state index contributed by atoms with van der Waals surface area (Å²) in [5, 5.41) is 2.92. The molecular formula is C22H33NO4. The summed E-state index contributed by atoms with van der Waals surface area (Å²) in [7, 11) is 1.53.